The van der Waals surface area contributed by atoms with Crippen LogP contribution in [-0.4, -0.2) is 86.1 Å². The minimum Gasteiger partial charge on any atom is -0.497 e. The normalized spacial score (nSPS) is 20.2. The lowest BCUT2D eigenvalue weighted by atomic mass is 9.95. The summed E-state index contributed by atoms with van der Waals surface area (Å²) in [6.45, 7) is 7.04. The molecule has 0 saturated heterocycles. The van der Waals surface area contributed by atoms with Gasteiger partial charge >= 0.3 is 13.7 Å². The number of aliphatic hydroxyl groups excluding tert-OH is 1. The molecule has 0 radical (unpaired) electrons. The van der Waals surface area contributed by atoms with Gasteiger partial charge in [0.2, 0.25) is 5.91 Å². The van der Waals surface area contributed by atoms with Crippen molar-refractivity contribution in [2.45, 2.75) is 90.8 Å². The highest BCUT2D eigenvalue weighted by Crippen LogP contribution is 2.53. The van der Waals surface area contributed by atoms with E-state index in [1.54, 1.807) is 40.1 Å². The highest BCUT2D eigenvalue weighted by molar-refractivity contribution is 7.55. The number of aliphatic hydroxyl groups is 1. The van der Waals surface area contributed by atoms with E-state index in [1.807, 2.05) is 62.4 Å². The highest BCUT2D eigenvalue weighted by Gasteiger charge is 2.40. The predicted octanol–water partition coefficient (Wildman–Crippen LogP) is 6.71. The summed E-state index contributed by atoms with van der Waals surface area (Å²) >= 11 is 0. The Morgan fingerprint density at radius 1 is 1.06 bits per heavy atom. The van der Waals surface area contributed by atoms with Crippen LogP contribution in [0.25, 0.3) is 0 Å². The summed E-state index contributed by atoms with van der Waals surface area (Å²) in [7, 11) is 0.461. The van der Waals surface area contributed by atoms with Gasteiger partial charge in [0.15, 0.2) is 5.85 Å². The first kappa shape index (κ1) is 43.4. The van der Waals surface area contributed by atoms with Crippen LogP contribution in [0.5, 0.6) is 11.5 Å². The Hall–Kier alpha value is -4.03. The Kier molecular flexibility index (Phi) is 17.7. The third kappa shape index (κ3) is 13.4. The molecule has 2 aromatic rings. The van der Waals surface area contributed by atoms with Gasteiger partial charge in [-0.2, -0.15) is 0 Å². The fourth-order valence-corrected chi connectivity index (χ4v) is 7.67. The van der Waals surface area contributed by atoms with Gasteiger partial charge in [0.05, 0.1) is 33.1 Å². The molecule has 2 N–H and O–H groups in total. The van der Waals surface area contributed by atoms with Crippen molar-refractivity contribution in [3.63, 3.8) is 0 Å². The molecule has 2 unspecified atom stereocenters. The lowest BCUT2D eigenvalue weighted by Gasteiger charge is -2.28. The lowest BCUT2D eigenvalue weighted by molar-refractivity contribution is -0.134. The summed E-state index contributed by atoms with van der Waals surface area (Å²) in [5, 5.41) is 14.3. The molecule has 1 heterocycles. The van der Waals surface area contributed by atoms with Gasteiger partial charge in [0, 0.05) is 44.0 Å². The largest absolute Gasteiger partial charge is 0.497 e. The third-order valence-electron chi connectivity index (χ3n) is 8.67. The molecule has 13 nitrogen and oxygen atoms in total. The molecular weight excluding hydrogens is 701 g/mol. The van der Waals surface area contributed by atoms with E-state index in [4.69, 9.17) is 23.3 Å². The summed E-state index contributed by atoms with van der Waals surface area (Å²) in [5.74, 6) is -2.83. The standard InChI is InChI=1S/C39H56N3O10P/c1-8-50-53(47,51-9-2)38(45)34-24-29(37(44)42(5)26-30-20-21-31(48-6)25-35(30)49-7)18-14-11-15-19-32(23-28-16-12-10-13-17-28)52-39(46)41-33(22-27(3)4)36(43)40-34/h10-14,16-17,20-21,25,27,29,32-33,38,45H,8-9,15,18-19,22-24,26H2,1-7H3,(H,41,46)/b14-11+,40-34?/t29?,32?,33-,38-/m0/s1. The molecule has 0 aromatic heterocycles. The Morgan fingerprint density at radius 3 is 2.38 bits per heavy atom. The van der Waals surface area contributed by atoms with E-state index in [9.17, 15) is 24.1 Å². The molecule has 4 atom stereocenters. The van der Waals surface area contributed by atoms with Crippen molar-refractivity contribution in [3.8, 4) is 11.5 Å². The molecule has 0 spiro atoms. The Bertz CT molecular complexity index is 1590. The average molecular weight is 758 g/mol. The number of ether oxygens (including phenoxy) is 3. The summed E-state index contributed by atoms with van der Waals surface area (Å²) in [5.41, 5.74) is 1.47. The van der Waals surface area contributed by atoms with Gasteiger partial charge in [-0.25, -0.2) is 9.79 Å². The molecule has 14 heteroatoms. The van der Waals surface area contributed by atoms with Crippen LogP contribution in [0.15, 0.2) is 65.7 Å². The zero-order valence-corrected chi connectivity index (χ0v) is 32.9. The van der Waals surface area contributed by atoms with E-state index in [-0.39, 0.29) is 56.6 Å². The number of carbonyl (C=O) groups is 3. The summed E-state index contributed by atoms with van der Waals surface area (Å²) in [6, 6.07) is 13.8. The molecule has 1 aliphatic rings. The number of carbonyl (C=O) groups excluding carboxylic acids is 3. The molecule has 53 heavy (non-hydrogen) atoms. The predicted molar refractivity (Wildman–Crippen MR) is 203 cm³/mol. The van der Waals surface area contributed by atoms with Crippen LogP contribution in [-0.2, 0) is 40.9 Å². The fourth-order valence-electron chi connectivity index (χ4n) is 6.06. The average Bonchev–Trinajstić information content (AvgIpc) is 3.13. The number of rotatable bonds is 15. The summed E-state index contributed by atoms with van der Waals surface area (Å²) in [6.07, 6.45) is 4.12. The minimum atomic E-state index is -4.27. The SMILES string of the molecule is CCOP(=O)(OCC)[C@H](O)C1=NC(=O)[C@H](CC(C)C)NC(=O)OC(Cc2ccccc2)CC/C=C/CC(C(=O)N(C)Cc2ccc(OC)cc2OC)C1. The third-order valence-corrected chi connectivity index (χ3v) is 10.8. The van der Waals surface area contributed by atoms with Crippen molar-refractivity contribution in [3.05, 3.63) is 71.8 Å². The first-order chi connectivity index (χ1) is 25.3. The van der Waals surface area contributed by atoms with E-state index in [2.05, 4.69) is 10.3 Å². The molecule has 292 valence electrons. The van der Waals surface area contributed by atoms with Crippen LogP contribution >= 0.6 is 7.60 Å². The molecule has 2 aromatic carbocycles. The van der Waals surface area contributed by atoms with Crippen molar-refractivity contribution in [1.82, 2.24) is 10.2 Å². The van der Waals surface area contributed by atoms with Crippen molar-refractivity contribution in [1.29, 1.82) is 0 Å². The highest BCUT2D eigenvalue weighted by atomic mass is 31.2. The van der Waals surface area contributed by atoms with Gasteiger partial charge in [-0.15, -0.1) is 0 Å². The number of amides is 3. The molecule has 3 rings (SSSR count). The molecule has 0 bridgehead atoms. The van der Waals surface area contributed by atoms with Crippen molar-refractivity contribution in [2.24, 2.45) is 16.8 Å². The number of hydrogen-bond acceptors (Lipinski definition) is 10. The first-order valence-electron chi connectivity index (χ1n) is 18.1. The zero-order chi connectivity index (χ0) is 39.0. The van der Waals surface area contributed by atoms with Crippen LogP contribution in [0.3, 0.4) is 0 Å². The number of nitrogens with zero attached hydrogens (tertiary/aromatic N) is 2. The molecule has 0 aliphatic carbocycles. The van der Waals surface area contributed by atoms with Crippen molar-refractivity contribution < 1.29 is 47.3 Å². The van der Waals surface area contributed by atoms with Crippen LogP contribution in [0.4, 0.5) is 4.79 Å². The number of allylic oxidation sites excluding steroid dienone is 2. The first-order valence-corrected chi connectivity index (χ1v) is 19.7. The monoisotopic (exact) mass is 757 g/mol. The molecule has 3 amide bonds. The van der Waals surface area contributed by atoms with Gasteiger partial charge in [-0.05, 0) is 63.1 Å². The van der Waals surface area contributed by atoms with Gasteiger partial charge in [0.1, 0.15) is 23.6 Å². The van der Waals surface area contributed by atoms with Crippen LogP contribution in [0.2, 0.25) is 0 Å². The second kappa shape index (κ2) is 21.6. The number of hydrogen-bond donors (Lipinski definition) is 2. The maximum Gasteiger partial charge on any atom is 0.408 e. The molecule has 0 fully saturated rings. The quantitative estimate of drug-likeness (QED) is 0.148. The van der Waals surface area contributed by atoms with Gasteiger partial charge < -0.3 is 38.6 Å². The number of aliphatic imine (C=N–C) groups is 1. The van der Waals surface area contributed by atoms with E-state index in [1.165, 1.54) is 12.0 Å². The van der Waals surface area contributed by atoms with Crippen LogP contribution in [0, 0.1) is 11.8 Å². The smallest absolute Gasteiger partial charge is 0.408 e. The number of methoxy groups -OCH3 is 2. The number of benzene rings is 2. The van der Waals surface area contributed by atoms with Crippen LogP contribution < -0.4 is 14.8 Å². The maximum atomic E-state index is 14.3. The van der Waals surface area contributed by atoms with E-state index in [0.717, 1.165) is 11.1 Å². The lowest BCUT2D eigenvalue weighted by Crippen LogP contribution is -2.43. The van der Waals surface area contributed by atoms with Crippen molar-refractivity contribution >= 4 is 31.2 Å². The minimum absolute atomic E-state index is 0.0462. The van der Waals surface area contributed by atoms with Gasteiger partial charge in [0.25, 0.3) is 5.91 Å². The molecular formula is C39H56N3O10P. The van der Waals surface area contributed by atoms with Crippen LogP contribution in [0.1, 0.15) is 70.9 Å². The van der Waals surface area contributed by atoms with Crippen molar-refractivity contribution in [2.75, 3.05) is 34.5 Å². The Labute approximate surface area is 313 Å². The van der Waals surface area contributed by atoms with Gasteiger partial charge in [-0.3, -0.25) is 14.2 Å². The molecule has 1 aliphatic heterocycles. The fraction of sp³-hybridized carbons (Fsp3) is 0.538. The maximum absolute atomic E-state index is 14.3. The number of nitrogens with one attached hydrogen (secondary N) is 1. The second-order valence-corrected chi connectivity index (χ2v) is 15.4. The summed E-state index contributed by atoms with van der Waals surface area (Å²) in [4.78, 5) is 47.4. The summed E-state index contributed by atoms with van der Waals surface area (Å²) < 4.78 is 41.5. The van der Waals surface area contributed by atoms with E-state index in [0.29, 0.717) is 30.8 Å². The van der Waals surface area contributed by atoms with E-state index < -0.39 is 43.5 Å². The number of alkyl carbamates (subject to hydrolysis) is 1. The Balaban J connectivity index is 2.08. The number of cyclic esters (lactones) is 1. The molecule has 0 saturated carbocycles. The second-order valence-electron chi connectivity index (χ2n) is 13.3. The zero-order valence-electron chi connectivity index (χ0n) is 32.0. The van der Waals surface area contributed by atoms with E-state index >= 15 is 0 Å². The van der Waals surface area contributed by atoms with Gasteiger partial charge in [-0.1, -0.05) is 56.3 Å². The Morgan fingerprint density at radius 2 is 1.75 bits per heavy atom. The topological polar surface area (TPSA) is 162 Å².